The van der Waals surface area contributed by atoms with Gasteiger partial charge in [0.05, 0.1) is 10.4 Å². The smallest absolute Gasteiger partial charge is 0.261 e. The Labute approximate surface area is 167 Å². The van der Waals surface area contributed by atoms with Crippen LogP contribution in [0.1, 0.15) is 32.9 Å². The molecule has 0 unspecified atom stereocenters. The predicted octanol–water partition coefficient (Wildman–Crippen LogP) is 3.91. The van der Waals surface area contributed by atoms with Gasteiger partial charge in [-0.05, 0) is 73.6 Å². The minimum Gasteiger partial charge on any atom is -0.507 e. The van der Waals surface area contributed by atoms with Crippen LogP contribution in [-0.2, 0) is 0 Å². The summed E-state index contributed by atoms with van der Waals surface area (Å²) in [6, 6.07) is 13.1. The van der Waals surface area contributed by atoms with Gasteiger partial charge in [0.2, 0.25) is 0 Å². The number of aldehydes is 1. The van der Waals surface area contributed by atoms with Gasteiger partial charge in [0.25, 0.3) is 5.91 Å². The molecule has 2 N–H and O–H groups in total. The van der Waals surface area contributed by atoms with Crippen LogP contribution in [0.3, 0.4) is 0 Å². The maximum absolute atomic E-state index is 12.6. The van der Waals surface area contributed by atoms with Crippen molar-refractivity contribution in [3.05, 3.63) is 52.9 Å². The zero-order valence-electron chi connectivity index (χ0n) is 15.6. The molecule has 28 heavy (non-hydrogen) atoms. The molecule has 144 valence electrons. The standard InChI is InChI=1S/C22H22N2O3S/c1-24-10-8-16(9-11-24)23-22(27)21-7-6-20(28-21)15-2-4-17-14(12-15)3-5-19(26)18(17)13-25/h2-7,12-13,16,26H,8-11H2,1H3,(H,23,27). The lowest BCUT2D eigenvalue weighted by atomic mass is 10.0. The second-order valence-corrected chi connectivity index (χ2v) is 8.35. The number of aromatic hydroxyl groups is 1. The fourth-order valence-electron chi connectivity index (χ4n) is 3.64. The number of hydrogen-bond acceptors (Lipinski definition) is 5. The number of likely N-dealkylation sites (tertiary alicyclic amines) is 1. The summed E-state index contributed by atoms with van der Waals surface area (Å²) in [6.07, 6.45) is 2.64. The number of carbonyl (C=O) groups is 2. The van der Waals surface area contributed by atoms with E-state index in [1.807, 2.05) is 30.3 Å². The monoisotopic (exact) mass is 394 g/mol. The lowest BCUT2D eigenvalue weighted by Crippen LogP contribution is -2.43. The minimum atomic E-state index is -0.0146. The molecule has 1 saturated heterocycles. The number of carbonyl (C=O) groups excluding carboxylic acids is 2. The van der Waals surface area contributed by atoms with Crippen molar-refractivity contribution in [2.75, 3.05) is 20.1 Å². The number of piperidine rings is 1. The number of benzene rings is 2. The maximum Gasteiger partial charge on any atom is 0.261 e. The third-order valence-electron chi connectivity index (χ3n) is 5.32. The molecule has 0 radical (unpaired) electrons. The average Bonchev–Trinajstić information content (AvgIpc) is 3.20. The minimum absolute atomic E-state index is 0.0141. The Morgan fingerprint density at radius 2 is 1.96 bits per heavy atom. The van der Waals surface area contributed by atoms with Crippen LogP contribution in [-0.4, -0.2) is 48.4 Å². The number of hydrogen-bond donors (Lipinski definition) is 2. The molecule has 1 fully saturated rings. The Morgan fingerprint density at radius 3 is 2.71 bits per heavy atom. The average molecular weight is 394 g/mol. The van der Waals surface area contributed by atoms with Gasteiger partial charge in [-0.25, -0.2) is 0 Å². The number of rotatable bonds is 4. The Kier molecular flexibility index (Phi) is 5.15. The fraction of sp³-hybridized carbons (Fsp3) is 0.273. The van der Waals surface area contributed by atoms with Crippen LogP contribution in [0.25, 0.3) is 21.2 Å². The first kappa shape index (κ1) is 18.7. The van der Waals surface area contributed by atoms with E-state index < -0.39 is 0 Å². The Bertz CT molecular complexity index is 1040. The van der Waals surface area contributed by atoms with Crippen molar-refractivity contribution in [3.63, 3.8) is 0 Å². The zero-order valence-corrected chi connectivity index (χ0v) is 16.5. The van der Waals surface area contributed by atoms with E-state index in [0.717, 1.165) is 47.1 Å². The SMILES string of the molecule is CN1CCC(NC(=O)c2ccc(-c3ccc4c(C=O)c(O)ccc4c3)s2)CC1. The molecular weight excluding hydrogens is 372 g/mol. The van der Waals surface area contributed by atoms with Crippen LogP contribution >= 0.6 is 11.3 Å². The number of fused-ring (bicyclic) bond motifs is 1. The molecule has 0 spiro atoms. The van der Waals surface area contributed by atoms with Crippen LogP contribution in [0, 0.1) is 0 Å². The van der Waals surface area contributed by atoms with Crippen LogP contribution in [0.5, 0.6) is 5.75 Å². The third-order valence-corrected chi connectivity index (χ3v) is 6.46. The summed E-state index contributed by atoms with van der Waals surface area (Å²) in [5.41, 5.74) is 1.28. The van der Waals surface area contributed by atoms with Gasteiger partial charge in [-0.3, -0.25) is 9.59 Å². The van der Waals surface area contributed by atoms with Crippen LogP contribution in [0.4, 0.5) is 0 Å². The van der Waals surface area contributed by atoms with Gasteiger partial charge in [0.1, 0.15) is 5.75 Å². The summed E-state index contributed by atoms with van der Waals surface area (Å²) in [4.78, 5) is 27.8. The number of amides is 1. The normalized spacial score (nSPS) is 15.6. The van der Waals surface area contributed by atoms with E-state index in [-0.39, 0.29) is 17.7 Å². The molecule has 4 rings (SSSR count). The van der Waals surface area contributed by atoms with E-state index in [1.54, 1.807) is 6.07 Å². The highest BCUT2D eigenvalue weighted by molar-refractivity contribution is 7.17. The molecule has 6 heteroatoms. The molecule has 0 bridgehead atoms. The number of thiophene rings is 1. The Balaban J connectivity index is 1.54. The van der Waals surface area contributed by atoms with E-state index >= 15 is 0 Å². The summed E-state index contributed by atoms with van der Waals surface area (Å²) in [5, 5.41) is 14.6. The van der Waals surface area contributed by atoms with Crippen LogP contribution in [0.15, 0.2) is 42.5 Å². The van der Waals surface area contributed by atoms with Crippen LogP contribution < -0.4 is 5.32 Å². The summed E-state index contributed by atoms with van der Waals surface area (Å²) < 4.78 is 0. The molecule has 0 atom stereocenters. The van der Waals surface area contributed by atoms with Crippen molar-refractivity contribution in [2.24, 2.45) is 0 Å². The molecule has 1 amide bonds. The second-order valence-electron chi connectivity index (χ2n) is 7.27. The number of nitrogens with zero attached hydrogens (tertiary/aromatic N) is 1. The van der Waals surface area contributed by atoms with Gasteiger partial charge < -0.3 is 15.3 Å². The van der Waals surface area contributed by atoms with Crippen molar-refractivity contribution in [2.45, 2.75) is 18.9 Å². The topological polar surface area (TPSA) is 69.6 Å². The van der Waals surface area contributed by atoms with E-state index in [2.05, 4.69) is 17.3 Å². The largest absolute Gasteiger partial charge is 0.507 e. The van der Waals surface area contributed by atoms with E-state index in [0.29, 0.717) is 16.7 Å². The first-order valence-corrected chi connectivity index (χ1v) is 10.2. The quantitative estimate of drug-likeness (QED) is 0.658. The van der Waals surface area contributed by atoms with Crippen molar-refractivity contribution in [1.82, 2.24) is 10.2 Å². The van der Waals surface area contributed by atoms with Gasteiger partial charge >= 0.3 is 0 Å². The highest BCUT2D eigenvalue weighted by Gasteiger charge is 2.20. The first-order chi connectivity index (χ1) is 13.5. The van der Waals surface area contributed by atoms with Gasteiger partial charge in [0.15, 0.2) is 6.29 Å². The summed E-state index contributed by atoms with van der Waals surface area (Å²) >= 11 is 1.46. The summed E-state index contributed by atoms with van der Waals surface area (Å²) in [6.45, 7) is 2.02. The number of phenolic OH excluding ortho intramolecular Hbond substituents is 1. The molecule has 5 nitrogen and oxygen atoms in total. The van der Waals surface area contributed by atoms with Gasteiger partial charge in [-0.2, -0.15) is 0 Å². The molecule has 1 aromatic heterocycles. The maximum atomic E-state index is 12.6. The number of phenols is 1. The number of nitrogens with one attached hydrogen (secondary N) is 1. The van der Waals surface area contributed by atoms with E-state index in [9.17, 15) is 14.7 Å². The van der Waals surface area contributed by atoms with E-state index in [1.165, 1.54) is 17.4 Å². The van der Waals surface area contributed by atoms with Crippen molar-refractivity contribution in [1.29, 1.82) is 0 Å². The van der Waals surface area contributed by atoms with Gasteiger partial charge in [-0.1, -0.05) is 18.2 Å². The molecule has 2 aromatic carbocycles. The van der Waals surface area contributed by atoms with Gasteiger partial charge in [0, 0.05) is 10.9 Å². The molecule has 1 aliphatic rings. The molecule has 1 aliphatic heterocycles. The molecule has 0 aliphatic carbocycles. The fourth-order valence-corrected chi connectivity index (χ4v) is 4.55. The highest BCUT2D eigenvalue weighted by atomic mass is 32.1. The second kappa shape index (κ2) is 7.73. The third kappa shape index (κ3) is 3.66. The Morgan fingerprint density at radius 1 is 1.18 bits per heavy atom. The molecule has 2 heterocycles. The zero-order chi connectivity index (χ0) is 19.7. The highest BCUT2D eigenvalue weighted by Crippen LogP contribution is 2.33. The van der Waals surface area contributed by atoms with Crippen LogP contribution in [0.2, 0.25) is 0 Å². The van der Waals surface area contributed by atoms with Crippen molar-refractivity contribution < 1.29 is 14.7 Å². The first-order valence-electron chi connectivity index (χ1n) is 9.35. The predicted molar refractivity (Wildman–Crippen MR) is 112 cm³/mol. The van der Waals surface area contributed by atoms with E-state index in [4.69, 9.17) is 0 Å². The van der Waals surface area contributed by atoms with Gasteiger partial charge in [-0.15, -0.1) is 11.3 Å². The Hall–Kier alpha value is -2.70. The molecule has 0 saturated carbocycles. The summed E-state index contributed by atoms with van der Waals surface area (Å²) in [7, 11) is 2.10. The van der Waals surface area contributed by atoms with Crippen molar-refractivity contribution >= 4 is 34.3 Å². The molecular formula is C22H22N2O3S. The lowest BCUT2D eigenvalue weighted by Gasteiger charge is -2.29. The van der Waals surface area contributed by atoms with Crippen molar-refractivity contribution in [3.8, 4) is 16.2 Å². The molecule has 3 aromatic rings. The summed E-state index contributed by atoms with van der Waals surface area (Å²) in [5.74, 6) is -0.0287. The lowest BCUT2D eigenvalue weighted by molar-refractivity contribution is 0.0920.